The number of nitrogens with one attached hydrogen (secondary N) is 1. The number of carbonyl (C=O) groups excluding carboxylic acids is 1. The van der Waals surface area contributed by atoms with E-state index < -0.39 is 18.0 Å². The molecule has 2 aliphatic rings. The molecule has 188 valence electrons. The fourth-order valence-corrected chi connectivity index (χ4v) is 4.65. The number of cyclic esters (lactones) is 1. The monoisotopic (exact) mass is 494 g/mol. The molecule has 2 aliphatic heterocycles. The summed E-state index contributed by atoms with van der Waals surface area (Å²) in [7, 11) is 0. The van der Waals surface area contributed by atoms with Crippen molar-refractivity contribution in [1.82, 2.24) is 14.9 Å². The Balaban J connectivity index is 1.22. The minimum atomic E-state index is -0.474. The summed E-state index contributed by atoms with van der Waals surface area (Å²) in [4.78, 5) is 30.8. The lowest BCUT2D eigenvalue weighted by Gasteiger charge is -2.20. The molecule has 0 saturated carbocycles. The van der Waals surface area contributed by atoms with Crippen molar-refractivity contribution in [3.8, 4) is 5.75 Å². The highest BCUT2D eigenvalue weighted by atomic mass is 19.1. The van der Waals surface area contributed by atoms with Gasteiger partial charge in [-0.1, -0.05) is 6.58 Å². The zero-order valence-electron chi connectivity index (χ0n) is 19.7. The van der Waals surface area contributed by atoms with Crippen LogP contribution in [0.1, 0.15) is 11.3 Å². The number of ether oxygens (including phenoxy) is 2. The molecule has 0 unspecified atom stereocenters. The zero-order chi connectivity index (χ0) is 25.2. The molecule has 0 aliphatic carbocycles. The molecule has 2 aromatic heterocycles. The third-order valence-electron chi connectivity index (χ3n) is 6.36. The van der Waals surface area contributed by atoms with Crippen LogP contribution in [-0.4, -0.2) is 59.7 Å². The van der Waals surface area contributed by atoms with Crippen molar-refractivity contribution in [1.29, 1.82) is 0 Å². The summed E-state index contributed by atoms with van der Waals surface area (Å²) < 4.78 is 27.2. The van der Waals surface area contributed by atoms with E-state index in [0.717, 1.165) is 16.7 Å². The van der Waals surface area contributed by atoms with Crippen LogP contribution in [0, 0.1) is 5.82 Å². The second-order valence-corrected chi connectivity index (χ2v) is 8.91. The van der Waals surface area contributed by atoms with Gasteiger partial charge in [-0.15, -0.1) is 0 Å². The summed E-state index contributed by atoms with van der Waals surface area (Å²) >= 11 is 0. The maximum Gasteiger partial charge on any atom is 0.415 e. The lowest BCUT2D eigenvalue weighted by atomic mass is 10.1. The van der Waals surface area contributed by atoms with E-state index in [1.165, 1.54) is 21.6 Å². The number of nitrogens with zero attached hydrogens (tertiary/aromatic N) is 3. The number of rotatable bonds is 8. The second kappa shape index (κ2) is 10.1. The molecule has 1 saturated heterocycles. The lowest BCUT2D eigenvalue weighted by Crippen LogP contribution is -2.32. The fourth-order valence-electron chi connectivity index (χ4n) is 4.65. The minimum Gasteiger partial charge on any atom is -0.487 e. The van der Waals surface area contributed by atoms with Crippen LogP contribution < -0.4 is 20.5 Å². The van der Waals surface area contributed by atoms with E-state index in [1.807, 2.05) is 0 Å². The summed E-state index contributed by atoms with van der Waals surface area (Å²) in [5, 5.41) is 13.3. The molecular weight excluding hydrogens is 467 g/mol. The van der Waals surface area contributed by atoms with Crippen molar-refractivity contribution in [2.75, 3.05) is 37.7 Å². The summed E-state index contributed by atoms with van der Waals surface area (Å²) in [5.41, 5.74) is 2.27. The van der Waals surface area contributed by atoms with E-state index in [1.54, 1.807) is 24.3 Å². The second-order valence-electron chi connectivity index (χ2n) is 8.91. The molecule has 1 fully saturated rings. The standard InChI is InChI=1S/C26H27FN4O5/c1-16-12-21-22(35-15-16)5-6-23(29-21)31-14-18(36-26(31)34)13-28-9-8-19-20(27)4-2-17-3-7-24(33)30(10-11-32)25(17)19/h2-7,18,28,32H,1,8-15H2/t18-/m0/s1. The van der Waals surface area contributed by atoms with Crippen LogP contribution in [0.25, 0.3) is 10.9 Å². The first-order valence-corrected chi connectivity index (χ1v) is 11.8. The number of hydrogen-bond donors (Lipinski definition) is 2. The Labute approximate surface area is 206 Å². The number of aromatic nitrogens is 2. The van der Waals surface area contributed by atoms with Gasteiger partial charge in [-0.05, 0) is 54.3 Å². The molecule has 0 spiro atoms. The molecule has 2 N–H and O–H groups in total. The van der Waals surface area contributed by atoms with Crippen molar-refractivity contribution in [2.24, 2.45) is 0 Å². The van der Waals surface area contributed by atoms with E-state index in [0.29, 0.717) is 61.7 Å². The van der Waals surface area contributed by atoms with Gasteiger partial charge in [0.05, 0.1) is 24.4 Å². The van der Waals surface area contributed by atoms with Crippen LogP contribution in [0.5, 0.6) is 5.75 Å². The zero-order valence-corrected chi connectivity index (χ0v) is 19.7. The molecule has 3 aromatic rings. The fraction of sp³-hybridized carbons (Fsp3) is 0.346. The first-order chi connectivity index (χ1) is 17.4. The Morgan fingerprint density at radius 1 is 1.19 bits per heavy atom. The molecule has 1 amide bonds. The number of aliphatic hydroxyl groups excluding tert-OH is 1. The first kappa shape index (κ1) is 24.0. The van der Waals surface area contributed by atoms with Crippen LogP contribution in [0.4, 0.5) is 15.0 Å². The predicted octanol–water partition coefficient (Wildman–Crippen LogP) is 2.18. The highest BCUT2D eigenvalue weighted by Crippen LogP contribution is 2.29. The molecular formula is C26H27FN4O5. The van der Waals surface area contributed by atoms with Crippen LogP contribution in [0.15, 0.2) is 53.3 Å². The molecule has 9 nitrogen and oxygen atoms in total. The number of benzene rings is 1. The maximum atomic E-state index is 14.7. The van der Waals surface area contributed by atoms with E-state index in [9.17, 15) is 19.1 Å². The highest BCUT2D eigenvalue weighted by Gasteiger charge is 2.33. The third kappa shape index (κ3) is 4.69. The highest BCUT2D eigenvalue weighted by molar-refractivity contribution is 5.88. The molecule has 4 heterocycles. The summed E-state index contributed by atoms with van der Waals surface area (Å²) in [6.45, 7) is 5.39. The van der Waals surface area contributed by atoms with Gasteiger partial charge >= 0.3 is 6.09 Å². The average Bonchev–Trinajstić information content (AvgIpc) is 3.24. The molecule has 0 bridgehead atoms. The van der Waals surface area contributed by atoms with E-state index in [-0.39, 0.29) is 18.7 Å². The number of aliphatic hydroxyl groups is 1. The van der Waals surface area contributed by atoms with Gasteiger partial charge < -0.3 is 24.5 Å². The van der Waals surface area contributed by atoms with E-state index in [4.69, 9.17) is 9.47 Å². The molecule has 0 radical (unpaired) electrons. The van der Waals surface area contributed by atoms with Crippen molar-refractivity contribution in [3.05, 3.63) is 76.0 Å². The smallest absolute Gasteiger partial charge is 0.415 e. The number of pyridine rings is 2. The van der Waals surface area contributed by atoms with Crippen LogP contribution in [0.3, 0.4) is 0 Å². The molecule has 5 rings (SSSR count). The molecule has 10 heteroatoms. The Kier molecular flexibility index (Phi) is 6.71. The SMILES string of the molecule is C=C1COc2ccc(N3C[C@H](CNCCc4c(F)ccc5ccc(=O)n(CCO)c45)OC3=O)nc2C1. The quantitative estimate of drug-likeness (QED) is 0.365. The largest absolute Gasteiger partial charge is 0.487 e. The number of fused-ring (bicyclic) bond motifs is 2. The normalized spacial score (nSPS) is 17.3. The van der Waals surface area contributed by atoms with Gasteiger partial charge in [-0.2, -0.15) is 0 Å². The Morgan fingerprint density at radius 2 is 2.03 bits per heavy atom. The Hall–Kier alpha value is -3.76. The maximum absolute atomic E-state index is 14.7. The van der Waals surface area contributed by atoms with Crippen LogP contribution >= 0.6 is 0 Å². The van der Waals surface area contributed by atoms with Gasteiger partial charge in [0.25, 0.3) is 5.56 Å². The number of amides is 1. The van der Waals surface area contributed by atoms with Crippen molar-refractivity contribution >= 4 is 22.8 Å². The van der Waals surface area contributed by atoms with Crippen molar-refractivity contribution in [2.45, 2.75) is 25.5 Å². The predicted molar refractivity (Wildman–Crippen MR) is 132 cm³/mol. The first-order valence-electron chi connectivity index (χ1n) is 11.8. The molecule has 1 atom stereocenters. The molecule has 36 heavy (non-hydrogen) atoms. The summed E-state index contributed by atoms with van der Waals surface area (Å²) in [5.74, 6) is 0.784. The topological polar surface area (TPSA) is 106 Å². The van der Waals surface area contributed by atoms with Crippen molar-refractivity contribution in [3.63, 3.8) is 0 Å². The van der Waals surface area contributed by atoms with Gasteiger partial charge in [0.2, 0.25) is 0 Å². The van der Waals surface area contributed by atoms with Gasteiger partial charge in [-0.3, -0.25) is 9.69 Å². The van der Waals surface area contributed by atoms with Crippen LogP contribution in [-0.2, 0) is 24.1 Å². The third-order valence-corrected chi connectivity index (χ3v) is 6.36. The average molecular weight is 495 g/mol. The molecule has 1 aromatic carbocycles. The van der Waals surface area contributed by atoms with Gasteiger partial charge in [0, 0.05) is 31.1 Å². The lowest BCUT2D eigenvalue weighted by molar-refractivity contribution is 0.140. The van der Waals surface area contributed by atoms with Gasteiger partial charge in [0.15, 0.2) is 0 Å². The number of halogens is 1. The Morgan fingerprint density at radius 3 is 2.86 bits per heavy atom. The summed E-state index contributed by atoms with van der Waals surface area (Å²) in [6.07, 6.45) is 0.0523. The van der Waals surface area contributed by atoms with E-state index in [2.05, 4.69) is 16.9 Å². The summed E-state index contributed by atoms with van der Waals surface area (Å²) in [6, 6.07) is 9.62. The van der Waals surface area contributed by atoms with Gasteiger partial charge in [0.1, 0.15) is 30.1 Å². The minimum absolute atomic E-state index is 0.0882. The van der Waals surface area contributed by atoms with Crippen LogP contribution in [0.2, 0.25) is 0 Å². The Bertz CT molecular complexity index is 1390. The van der Waals surface area contributed by atoms with E-state index >= 15 is 0 Å². The number of hydrogen-bond acceptors (Lipinski definition) is 7. The van der Waals surface area contributed by atoms with Gasteiger partial charge in [-0.25, -0.2) is 14.2 Å². The van der Waals surface area contributed by atoms with Crippen molar-refractivity contribution < 1.29 is 23.8 Å². The number of anilines is 1. The number of carbonyl (C=O) groups is 1.